The van der Waals surface area contributed by atoms with Gasteiger partial charge in [-0.15, -0.1) is 11.8 Å². The lowest BCUT2D eigenvalue weighted by Gasteiger charge is -2.06. The third-order valence-corrected chi connectivity index (χ3v) is 3.29. The molecule has 1 heterocycles. The molecule has 0 saturated heterocycles. The number of hydrogen-bond donors (Lipinski definition) is 1. The molecule has 3 nitrogen and oxygen atoms in total. The van der Waals surface area contributed by atoms with Crippen LogP contribution >= 0.6 is 11.8 Å². The molecule has 0 aliphatic rings. The minimum atomic E-state index is 0.570. The molecule has 0 radical (unpaired) electrons. The summed E-state index contributed by atoms with van der Waals surface area (Å²) in [4.78, 5) is 0. The van der Waals surface area contributed by atoms with Gasteiger partial charge in [-0.05, 0) is 25.5 Å². The van der Waals surface area contributed by atoms with Crippen molar-refractivity contribution in [3.63, 3.8) is 0 Å². The van der Waals surface area contributed by atoms with E-state index in [0.29, 0.717) is 5.92 Å². The van der Waals surface area contributed by atoms with Gasteiger partial charge in [0.15, 0.2) is 0 Å². The Balaban J connectivity index is 2.49. The van der Waals surface area contributed by atoms with Gasteiger partial charge >= 0.3 is 0 Å². The average molecular weight is 199 g/mol. The quantitative estimate of drug-likeness (QED) is 0.746. The van der Waals surface area contributed by atoms with Crippen LogP contribution in [-0.2, 0) is 7.05 Å². The van der Waals surface area contributed by atoms with Crippen molar-refractivity contribution in [1.29, 1.82) is 0 Å². The molecule has 74 valence electrons. The van der Waals surface area contributed by atoms with E-state index in [1.165, 1.54) is 5.03 Å². The molecule has 13 heavy (non-hydrogen) atoms. The molecule has 0 aliphatic heterocycles. The molecular weight excluding hydrogens is 182 g/mol. The number of rotatable bonds is 4. The van der Waals surface area contributed by atoms with Crippen molar-refractivity contribution in [2.45, 2.75) is 18.9 Å². The van der Waals surface area contributed by atoms with Gasteiger partial charge in [-0.2, -0.15) is 5.10 Å². The molecule has 0 aromatic carbocycles. The number of nitrogens with two attached hydrogens (primary N) is 1. The number of aryl methyl sites for hydroxylation is 2. The van der Waals surface area contributed by atoms with Gasteiger partial charge in [0.1, 0.15) is 0 Å². The Labute approximate surface area is 83.7 Å². The molecule has 0 spiro atoms. The highest BCUT2D eigenvalue weighted by atomic mass is 32.2. The first-order valence-corrected chi connectivity index (χ1v) is 5.45. The van der Waals surface area contributed by atoms with E-state index in [1.54, 1.807) is 0 Å². The van der Waals surface area contributed by atoms with Crippen molar-refractivity contribution in [2.24, 2.45) is 18.7 Å². The highest BCUT2D eigenvalue weighted by Gasteiger charge is 2.05. The normalized spacial score (nSPS) is 13.2. The summed E-state index contributed by atoms with van der Waals surface area (Å²) in [6, 6.07) is 2.11. The van der Waals surface area contributed by atoms with Crippen molar-refractivity contribution in [3.8, 4) is 0 Å². The Morgan fingerprint density at radius 2 is 2.38 bits per heavy atom. The van der Waals surface area contributed by atoms with Crippen LogP contribution < -0.4 is 5.73 Å². The Kier molecular flexibility index (Phi) is 3.81. The fourth-order valence-corrected chi connectivity index (χ4v) is 2.09. The zero-order valence-corrected chi connectivity index (χ0v) is 9.27. The summed E-state index contributed by atoms with van der Waals surface area (Å²) in [6.07, 6.45) is 0. The van der Waals surface area contributed by atoms with E-state index in [-0.39, 0.29) is 0 Å². The third-order valence-electron chi connectivity index (χ3n) is 1.88. The fraction of sp³-hybridized carbons (Fsp3) is 0.667. The van der Waals surface area contributed by atoms with Crippen molar-refractivity contribution in [3.05, 3.63) is 11.8 Å². The van der Waals surface area contributed by atoms with E-state index in [1.807, 2.05) is 30.4 Å². The molecule has 1 rings (SSSR count). The van der Waals surface area contributed by atoms with Gasteiger partial charge in [-0.1, -0.05) is 6.92 Å². The van der Waals surface area contributed by atoms with Gasteiger partial charge in [0, 0.05) is 12.8 Å². The Morgan fingerprint density at radius 3 is 2.85 bits per heavy atom. The highest BCUT2D eigenvalue weighted by Crippen LogP contribution is 2.20. The monoisotopic (exact) mass is 199 g/mol. The summed E-state index contributed by atoms with van der Waals surface area (Å²) >= 11 is 1.82. The zero-order chi connectivity index (χ0) is 9.84. The summed E-state index contributed by atoms with van der Waals surface area (Å²) in [7, 11) is 1.97. The SMILES string of the molecule is Cc1cc(SCC(C)CN)n(C)n1. The molecule has 0 bridgehead atoms. The van der Waals surface area contributed by atoms with E-state index >= 15 is 0 Å². The van der Waals surface area contributed by atoms with Gasteiger partial charge in [0.05, 0.1) is 10.7 Å². The van der Waals surface area contributed by atoms with Crippen LogP contribution in [0.3, 0.4) is 0 Å². The van der Waals surface area contributed by atoms with E-state index in [4.69, 9.17) is 5.73 Å². The van der Waals surface area contributed by atoms with Crippen molar-refractivity contribution in [1.82, 2.24) is 9.78 Å². The van der Waals surface area contributed by atoms with Crippen LogP contribution in [0.15, 0.2) is 11.1 Å². The molecule has 0 amide bonds. The lowest BCUT2D eigenvalue weighted by Crippen LogP contribution is -2.12. The topological polar surface area (TPSA) is 43.8 Å². The first-order chi connectivity index (χ1) is 6.13. The van der Waals surface area contributed by atoms with Gasteiger partial charge < -0.3 is 5.73 Å². The van der Waals surface area contributed by atoms with Crippen LogP contribution in [0.1, 0.15) is 12.6 Å². The van der Waals surface area contributed by atoms with Gasteiger partial charge in [0.25, 0.3) is 0 Å². The van der Waals surface area contributed by atoms with Crippen LogP contribution in [0.25, 0.3) is 0 Å². The van der Waals surface area contributed by atoms with E-state index in [2.05, 4.69) is 18.1 Å². The lowest BCUT2D eigenvalue weighted by atomic mass is 10.2. The van der Waals surface area contributed by atoms with Gasteiger partial charge in [-0.25, -0.2) is 0 Å². The van der Waals surface area contributed by atoms with Crippen LogP contribution in [0.5, 0.6) is 0 Å². The number of aromatic nitrogens is 2. The molecule has 0 saturated carbocycles. The zero-order valence-electron chi connectivity index (χ0n) is 8.45. The van der Waals surface area contributed by atoms with Crippen LogP contribution in [0, 0.1) is 12.8 Å². The minimum absolute atomic E-state index is 0.570. The molecule has 1 aromatic rings. The summed E-state index contributed by atoms with van der Waals surface area (Å²) in [5.41, 5.74) is 6.62. The van der Waals surface area contributed by atoms with Crippen LogP contribution in [0.2, 0.25) is 0 Å². The maximum atomic E-state index is 5.54. The van der Waals surface area contributed by atoms with Crippen LogP contribution in [-0.4, -0.2) is 22.1 Å². The second kappa shape index (κ2) is 4.67. The average Bonchev–Trinajstić information content (AvgIpc) is 2.41. The largest absolute Gasteiger partial charge is 0.330 e. The third kappa shape index (κ3) is 3.04. The summed E-state index contributed by atoms with van der Waals surface area (Å²) in [6.45, 7) is 4.93. The molecule has 0 fully saturated rings. The lowest BCUT2D eigenvalue weighted by molar-refractivity contribution is 0.666. The van der Waals surface area contributed by atoms with E-state index in [9.17, 15) is 0 Å². The molecule has 0 aliphatic carbocycles. The van der Waals surface area contributed by atoms with E-state index in [0.717, 1.165) is 18.0 Å². The van der Waals surface area contributed by atoms with Crippen molar-refractivity contribution >= 4 is 11.8 Å². The van der Waals surface area contributed by atoms with Crippen LogP contribution in [0.4, 0.5) is 0 Å². The minimum Gasteiger partial charge on any atom is -0.330 e. The molecule has 4 heteroatoms. The Morgan fingerprint density at radius 1 is 1.69 bits per heavy atom. The first kappa shape index (κ1) is 10.6. The predicted molar refractivity (Wildman–Crippen MR) is 56.9 cm³/mol. The molecule has 1 atom stereocenters. The summed E-state index contributed by atoms with van der Waals surface area (Å²) < 4.78 is 1.92. The Hall–Kier alpha value is -0.480. The first-order valence-electron chi connectivity index (χ1n) is 4.47. The predicted octanol–water partition coefficient (Wildman–Crippen LogP) is 1.42. The van der Waals surface area contributed by atoms with E-state index < -0.39 is 0 Å². The molecule has 1 unspecified atom stereocenters. The number of thioether (sulfide) groups is 1. The van der Waals surface area contributed by atoms with Gasteiger partial charge in [0.2, 0.25) is 0 Å². The Bertz CT molecular complexity index is 270. The highest BCUT2D eigenvalue weighted by molar-refractivity contribution is 7.99. The molecule has 1 aromatic heterocycles. The van der Waals surface area contributed by atoms with Crippen molar-refractivity contribution < 1.29 is 0 Å². The number of nitrogens with zero attached hydrogens (tertiary/aromatic N) is 2. The smallest absolute Gasteiger partial charge is 0.0939 e. The maximum Gasteiger partial charge on any atom is 0.0939 e. The standard InChI is InChI=1S/C9H17N3S/c1-7(5-10)6-13-9-4-8(2)11-12(9)3/h4,7H,5-6,10H2,1-3H3. The second-order valence-electron chi connectivity index (χ2n) is 3.40. The fourth-order valence-electron chi connectivity index (χ4n) is 1.02. The second-order valence-corrected chi connectivity index (χ2v) is 4.44. The number of hydrogen-bond acceptors (Lipinski definition) is 3. The maximum absolute atomic E-state index is 5.54. The van der Waals surface area contributed by atoms with Crippen molar-refractivity contribution in [2.75, 3.05) is 12.3 Å². The molecular formula is C9H17N3S. The molecule has 2 N–H and O–H groups in total. The van der Waals surface area contributed by atoms with Gasteiger partial charge in [-0.3, -0.25) is 4.68 Å². The summed E-state index contributed by atoms with van der Waals surface area (Å²) in [5.74, 6) is 1.63. The summed E-state index contributed by atoms with van der Waals surface area (Å²) in [5, 5.41) is 5.50.